The SMILES string of the molecule is NC(=O)c1nc2cc(NC(=O)CCl)ccc2o1. The van der Waals surface area contributed by atoms with Crippen molar-refractivity contribution in [3.8, 4) is 0 Å². The van der Waals surface area contributed by atoms with Gasteiger partial charge in [0.1, 0.15) is 11.4 Å². The van der Waals surface area contributed by atoms with E-state index in [0.29, 0.717) is 16.8 Å². The zero-order chi connectivity index (χ0) is 12.4. The van der Waals surface area contributed by atoms with E-state index in [9.17, 15) is 9.59 Å². The first kappa shape index (κ1) is 11.4. The van der Waals surface area contributed by atoms with Crippen LogP contribution in [0.2, 0.25) is 0 Å². The first-order valence-corrected chi connectivity index (χ1v) is 5.20. The average molecular weight is 254 g/mol. The monoisotopic (exact) mass is 253 g/mol. The smallest absolute Gasteiger partial charge is 0.304 e. The number of alkyl halides is 1. The zero-order valence-corrected chi connectivity index (χ0v) is 9.32. The Morgan fingerprint density at radius 2 is 2.24 bits per heavy atom. The summed E-state index contributed by atoms with van der Waals surface area (Å²) in [6.07, 6.45) is 0. The standard InChI is InChI=1S/C10H8ClN3O3/c11-4-8(15)13-5-1-2-7-6(3-5)14-10(17-7)9(12)16/h1-3H,4H2,(H2,12,16)(H,13,15). The van der Waals surface area contributed by atoms with Gasteiger partial charge in [-0.05, 0) is 18.2 Å². The van der Waals surface area contributed by atoms with E-state index in [1.165, 1.54) is 0 Å². The minimum Gasteiger partial charge on any atom is -0.432 e. The molecule has 2 amide bonds. The number of fused-ring (bicyclic) bond motifs is 1. The lowest BCUT2D eigenvalue weighted by Gasteiger charge is -2.01. The number of aromatic nitrogens is 1. The van der Waals surface area contributed by atoms with Gasteiger partial charge in [-0.2, -0.15) is 0 Å². The Balaban J connectivity index is 2.36. The number of halogens is 1. The molecule has 7 heteroatoms. The second kappa shape index (κ2) is 4.42. The van der Waals surface area contributed by atoms with Gasteiger partial charge in [-0.25, -0.2) is 4.98 Å². The van der Waals surface area contributed by atoms with Crippen LogP contribution in [0.25, 0.3) is 11.1 Å². The van der Waals surface area contributed by atoms with Gasteiger partial charge in [0.25, 0.3) is 5.89 Å². The predicted molar refractivity (Wildman–Crippen MR) is 61.9 cm³/mol. The van der Waals surface area contributed by atoms with Gasteiger partial charge < -0.3 is 15.5 Å². The highest BCUT2D eigenvalue weighted by Crippen LogP contribution is 2.19. The third kappa shape index (κ3) is 2.36. The van der Waals surface area contributed by atoms with Crippen molar-refractivity contribution >= 4 is 40.2 Å². The maximum Gasteiger partial charge on any atom is 0.304 e. The quantitative estimate of drug-likeness (QED) is 0.801. The minimum absolute atomic E-state index is 0.136. The maximum absolute atomic E-state index is 11.1. The molecule has 17 heavy (non-hydrogen) atoms. The zero-order valence-electron chi connectivity index (χ0n) is 8.57. The van der Waals surface area contributed by atoms with Gasteiger partial charge in [0, 0.05) is 5.69 Å². The van der Waals surface area contributed by atoms with Crippen LogP contribution in [0.4, 0.5) is 5.69 Å². The minimum atomic E-state index is -0.743. The average Bonchev–Trinajstić information content (AvgIpc) is 2.72. The molecule has 2 aromatic rings. The summed E-state index contributed by atoms with van der Waals surface area (Å²) in [4.78, 5) is 25.8. The van der Waals surface area contributed by atoms with Crippen LogP contribution < -0.4 is 11.1 Å². The Bertz CT molecular complexity index is 593. The van der Waals surface area contributed by atoms with Crippen LogP contribution in [0.15, 0.2) is 22.6 Å². The molecule has 1 aromatic heterocycles. The summed E-state index contributed by atoms with van der Waals surface area (Å²) in [5.41, 5.74) is 6.41. The Morgan fingerprint density at radius 1 is 1.47 bits per heavy atom. The van der Waals surface area contributed by atoms with Crippen LogP contribution >= 0.6 is 11.6 Å². The van der Waals surface area contributed by atoms with Crippen LogP contribution in [-0.2, 0) is 4.79 Å². The first-order valence-electron chi connectivity index (χ1n) is 4.66. The van der Waals surface area contributed by atoms with Gasteiger partial charge in [0.15, 0.2) is 5.58 Å². The molecular formula is C10H8ClN3O3. The summed E-state index contributed by atoms with van der Waals surface area (Å²) in [5, 5.41) is 2.55. The van der Waals surface area contributed by atoms with Crippen molar-refractivity contribution in [2.24, 2.45) is 5.73 Å². The molecule has 0 unspecified atom stereocenters. The fourth-order valence-corrected chi connectivity index (χ4v) is 1.37. The maximum atomic E-state index is 11.1. The molecule has 0 saturated heterocycles. The second-order valence-electron chi connectivity index (χ2n) is 3.25. The largest absolute Gasteiger partial charge is 0.432 e. The van der Waals surface area contributed by atoms with Crippen LogP contribution in [0.5, 0.6) is 0 Å². The normalized spacial score (nSPS) is 10.4. The Labute approximate surface area is 101 Å². The van der Waals surface area contributed by atoms with Gasteiger partial charge in [0.2, 0.25) is 5.91 Å². The highest BCUT2D eigenvalue weighted by molar-refractivity contribution is 6.29. The molecule has 2 rings (SSSR count). The van der Waals surface area contributed by atoms with Gasteiger partial charge in [0.05, 0.1) is 0 Å². The molecule has 1 heterocycles. The van der Waals surface area contributed by atoms with Gasteiger partial charge in [-0.1, -0.05) is 0 Å². The third-order valence-corrected chi connectivity index (χ3v) is 2.25. The number of nitrogens with zero attached hydrogens (tertiary/aromatic N) is 1. The van der Waals surface area contributed by atoms with Crippen molar-refractivity contribution in [3.05, 3.63) is 24.1 Å². The van der Waals surface area contributed by atoms with Crippen molar-refractivity contribution in [1.82, 2.24) is 4.98 Å². The van der Waals surface area contributed by atoms with Gasteiger partial charge >= 0.3 is 5.91 Å². The third-order valence-electron chi connectivity index (χ3n) is 2.00. The van der Waals surface area contributed by atoms with Gasteiger partial charge in [-0.3, -0.25) is 9.59 Å². The molecule has 1 aromatic carbocycles. The first-order chi connectivity index (χ1) is 8.10. The van der Waals surface area contributed by atoms with Crippen molar-refractivity contribution in [2.75, 3.05) is 11.2 Å². The number of hydrogen-bond donors (Lipinski definition) is 2. The highest BCUT2D eigenvalue weighted by atomic mass is 35.5. The number of hydrogen-bond acceptors (Lipinski definition) is 4. The molecular weight excluding hydrogens is 246 g/mol. The Morgan fingerprint density at radius 3 is 2.88 bits per heavy atom. The molecule has 0 saturated carbocycles. The fraction of sp³-hybridized carbons (Fsp3) is 0.100. The lowest BCUT2D eigenvalue weighted by Crippen LogP contribution is -2.12. The summed E-state index contributed by atoms with van der Waals surface area (Å²) in [6, 6.07) is 4.76. The summed E-state index contributed by atoms with van der Waals surface area (Å²) >= 11 is 5.36. The van der Waals surface area contributed by atoms with Crippen LogP contribution in [-0.4, -0.2) is 22.7 Å². The van der Waals surface area contributed by atoms with E-state index in [-0.39, 0.29) is 17.7 Å². The number of rotatable bonds is 3. The lowest BCUT2D eigenvalue weighted by molar-refractivity contribution is -0.113. The molecule has 0 aliphatic heterocycles. The van der Waals surface area contributed by atoms with Crippen molar-refractivity contribution < 1.29 is 14.0 Å². The van der Waals surface area contributed by atoms with Crippen molar-refractivity contribution in [3.63, 3.8) is 0 Å². The van der Waals surface area contributed by atoms with E-state index in [2.05, 4.69) is 10.3 Å². The number of carbonyl (C=O) groups is 2. The molecule has 0 aliphatic carbocycles. The number of primary amides is 1. The molecule has 0 fully saturated rings. The molecule has 0 radical (unpaired) electrons. The van der Waals surface area contributed by atoms with E-state index < -0.39 is 5.91 Å². The number of nitrogens with one attached hydrogen (secondary N) is 1. The summed E-state index contributed by atoms with van der Waals surface area (Å²) < 4.78 is 5.09. The number of benzene rings is 1. The van der Waals surface area contributed by atoms with E-state index >= 15 is 0 Å². The second-order valence-corrected chi connectivity index (χ2v) is 3.51. The Kier molecular flexibility index (Phi) is 2.97. The molecule has 6 nitrogen and oxygen atoms in total. The predicted octanol–water partition coefficient (Wildman–Crippen LogP) is 1.10. The van der Waals surface area contributed by atoms with E-state index in [4.69, 9.17) is 21.8 Å². The number of oxazole rings is 1. The molecule has 0 bridgehead atoms. The topological polar surface area (TPSA) is 98.2 Å². The molecule has 88 valence electrons. The van der Waals surface area contributed by atoms with Crippen LogP contribution in [0.1, 0.15) is 10.7 Å². The van der Waals surface area contributed by atoms with Gasteiger partial charge in [-0.15, -0.1) is 11.6 Å². The van der Waals surface area contributed by atoms with E-state index in [1.54, 1.807) is 18.2 Å². The van der Waals surface area contributed by atoms with Crippen LogP contribution in [0, 0.1) is 0 Å². The molecule has 0 aliphatic rings. The summed E-state index contributed by atoms with van der Waals surface area (Å²) in [7, 11) is 0. The number of amides is 2. The summed E-state index contributed by atoms with van der Waals surface area (Å²) in [5.74, 6) is -1.37. The van der Waals surface area contributed by atoms with Crippen molar-refractivity contribution in [1.29, 1.82) is 0 Å². The Hall–Kier alpha value is -2.08. The van der Waals surface area contributed by atoms with Crippen LogP contribution in [0.3, 0.4) is 0 Å². The summed E-state index contributed by atoms with van der Waals surface area (Å²) in [6.45, 7) is 0. The fourth-order valence-electron chi connectivity index (χ4n) is 1.30. The van der Waals surface area contributed by atoms with E-state index in [1.807, 2.05) is 0 Å². The molecule has 3 N–H and O–H groups in total. The molecule has 0 atom stereocenters. The number of carbonyl (C=O) groups excluding carboxylic acids is 2. The van der Waals surface area contributed by atoms with Crippen molar-refractivity contribution in [2.45, 2.75) is 0 Å². The number of nitrogens with two attached hydrogens (primary N) is 1. The lowest BCUT2D eigenvalue weighted by atomic mass is 10.3. The van der Waals surface area contributed by atoms with E-state index in [0.717, 1.165) is 0 Å². The molecule has 0 spiro atoms. The highest BCUT2D eigenvalue weighted by Gasteiger charge is 2.11. The number of anilines is 1.